The van der Waals surface area contributed by atoms with Gasteiger partial charge in [-0.25, -0.2) is 4.01 Å². The third-order valence-corrected chi connectivity index (χ3v) is 4.47. The van der Waals surface area contributed by atoms with Crippen LogP contribution in [0.1, 0.15) is 0 Å². The van der Waals surface area contributed by atoms with Crippen LogP contribution >= 0.6 is 11.6 Å². The fraction of sp³-hybridized carbons (Fsp3) is 0. The van der Waals surface area contributed by atoms with Gasteiger partial charge in [0.1, 0.15) is 15.9 Å². The minimum atomic E-state index is 0.652. The highest BCUT2D eigenvalue weighted by Crippen LogP contribution is 2.18. The molecule has 0 fully saturated rings. The molecule has 128 valence electrons. The number of hydrogen-bond acceptors (Lipinski definition) is 4. The fourth-order valence-electron chi connectivity index (χ4n) is 2.52. The largest absolute Gasteiger partial charge is 0.456 e. The van der Waals surface area contributed by atoms with Crippen molar-refractivity contribution >= 4 is 43.9 Å². The molecule has 0 amide bonds. The lowest BCUT2D eigenvalue weighted by molar-refractivity contribution is 0.123. The Morgan fingerprint density at radius 3 is 1.73 bits per heavy atom. The minimum absolute atomic E-state index is 0.652. The number of hydrogen-bond donors (Lipinski definition) is 0. The summed E-state index contributed by atoms with van der Waals surface area (Å²) in [5.41, 5.74) is 2.19. The van der Waals surface area contributed by atoms with E-state index in [2.05, 4.69) is 48.5 Å². The van der Waals surface area contributed by atoms with Gasteiger partial charge in [-0.05, 0) is 47.2 Å². The van der Waals surface area contributed by atoms with Gasteiger partial charge >= 0.3 is 0 Å². The van der Waals surface area contributed by atoms with Gasteiger partial charge < -0.3 is 4.42 Å². The molecule has 2 heterocycles. The zero-order valence-electron chi connectivity index (χ0n) is 13.9. The molecule has 4 heteroatoms. The highest BCUT2D eigenvalue weighted by Gasteiger charge is 1.94. The first-order valence-electron chi connectivity index (χ1n) is 8.20. The van der Waals surface area contributed by atoms with Crippen molar-refractivity contribution in [3.8, 4) is 0 Å². The lowest BCUT2D eigenvalue weighted by atomic mass is 10.1. The molecule has 2 bridgehead atoms. The maximum atomic E-state index is 5.73. The van der Waals surface area contributed by atoms with Crippen LogP contribution in [0.5, 0.6) is 0 Å². The van der Waals surface area contributed by atoms with Gasteiger partial charge in [-0.15, -0.1) is 0 Å². The maximum absolute atomic E-state index is 5.73. The van der Waals surface area contributed by atoms with Gasteiger partial charge in [-0.1, -0.05) is 60.7 Å². The predicted octanol–water partition coefficient (Wildman–Crippen LogP) is 7.36. The van der Waals surface area contributed by atoms with Gasteiger partial charge in [0.2, 0.25) is 0 Å². The van der Waals surface area contributed by atoms with Gasteiger partial charge in [0.25, 0.3) is 0 Å². The number of rotatable bonds is 0. The Morgan fingerprint density at radius 2 is 1.08 bits per heavy atom. The second kappa shape index (κ2) is 7.76. The van der Waals surface area contributed by atoms with E-state index in [1.54, 1.807) is 12.1 Å². The average Bonchev–Trinajstić information content (AvgIpc) is 2.72. The molecular formula is C22H16O3S. The summed E-state index contributed by atoms with van der Waals surface area (Å²) in [6.07, 6.45) is 0. The van der Waals surface area contributed by atoms with Crippen LogP contribution < -0.4 is 0 Å². The summed E-state index contributed by atoms with van der Waals surface area (Å²) >= 11 is 1.14. The van der Waals surface area contributed by atoms with Crippen LogP contribution in [0.3, 0.4) is 0 Å². The van der Waals surface area contributed by atoms with Crippen molar-refractivity contribution in [1.82, 2.24) is 0 Å². The fourth-order valence-corrected chi connectivity index (χ4v) is 3.03. The van der Waals surface area contributed by atoms with E-state index in [0.717, 1.165) is 27.5 Å². The topological polar surface area (TPSA) is 39.4 Å². The second-order valence-electron chi connectivity index (χ2n) is 5.60. The second-order valence-corrected chi connectivity index (χ2v) is 6.34. The Balaban J connectivity index is 0.000000144. The molecule has 6 aromatic rings. The van der Waals surface area contributed by atoms with E-state index in [1.807, 2.05) is 36.4 Å². The van der Waals surface area contributed by atoms with Crippen LogP contribution in [-0.4, -0.2) is 0 Å². The summed E-state index contributed by atoms with van der Waals surface area (Å²) in [4.78, 5) is 0. The molecule has 0 aliphatic carbocycles. The molecular weight excluding hydrogens is 344 g/mol. The van der Waals surface area contributed by atoms with Crippen LogP contribution in [0, 0.1) is 0 Å². The normalized spacial score (nSPS) is 10.3. The highest BCUT2D eigenvalue weighted by molar-refractivity contribution is 7.10. The molecule has 4 aromatic carbocycles. The highest BCUT2D eigenvalue weighted by atomic mass is 32.1. The standard InChI is InChI=1S/C12H8O3S.C10H8/c1-2-4-12-11(3-1)13-9-5-7-10(8-6-9)14-15-16-12;1-2-6-10-8-4-3-7-9(10)5-1/h1-8H;1-8H. The van der Waals surface area contributed by atoms with Crippen molar-refractivity contribution in [3.63, 3.8) is 0 Å². The summed E-state index contributed by atoms with van der Waals surface area (Å²) in [7, 11) is 0. The SMILES string of the molecule is c1ccc2ccccc2c1.c1ccc2sooc3ccc(cc3)oc2c1. The average molecular weight is 360 g/mol. The molecule has 3 nitrogen and oxygen atoms in total. The molecule has 0 unspecified atom stereocenters. The third-order valence-electron chi connectivity index (χ3n) is 3.81. The van der Waals surface area contributed by atoms with Crippen molar-refractivity contribution in [1.29, 1.82) is 0 Å². The molecule has 0 radical (unpaired) electrons. The molecule has 0 atom stereocenters. The first-order chi connectivity index (χ1) is 12.9. The minimum Gasteiger partial charge on any atom is -0.456 e. The first-order valence-corrected chi connectivity index (χ1v) is 8.94. The molecule has 0 aliphatic heterocycles. The smallest absolute Gasteiger partial charge is 0.180 e. The zero-order valence-corrected chi connectivity index (χ0v) is 14.7. The van der Waals surface area contributed by atoms with Crippen molar-refractivity contribution in [2.45, 2.75) is 0 Å². The van der Waals surface area contributed by atoms with Crippen molar-refractivity contribution < 1.29 is 13.0 Å². The van der Waals surface area contributed by atoms with E-state index < -0.39 is 0 Å². The molecule has 0 saturated carbocycles. The van der Waals surface area contributed by atoms with E-state index >= 15 is 0 Å². The number of para-hydroxylation sites is 1. The van der Waals surface area contributed by atoms with Crippen LogP contribution in [-0.2, 0) is 0 Å². The lowest BCUT2D eigenvalue weighted by Gasteiger charge is -1.93. The summed E-state index contributed by atoms with van der Waals surface area (Å²) < 4.78 is 16.8. The molecule has 6 rings (SSSR count). The van der Waals surface area contributed by atoms with E-state index in [9.17, 15) is 0 Å². The molecule has 0 aliphatic rings. The predicted molar refractivity (Wildman–Crippen MR) is 107 cm³/mol. The Hall–Kier alpha value is -3.24. The Labute approximate surface area is 154 Å². The molecule has 0 spiro atoms. The van der Waals surface area contributed by atoms with Crippen molar-refractivity contribution in [2.24, 2.45) is 0 Å². The van der Waals surface area contributed by atoms with Crippen LogP contribution in [0.4, 0.5) is 0 Å². The monoisotopic (exact) mass is 360 g/mol. The summed E-state index contributed by atoms with van der Waals surface area (Å²) in [6, 6.07) is 31.6. The molecule has 0 saturated heterocycles. The van der Waals surface area contributed by atoms with E-state index in [-0.39, 0.29) is 0 Å². The van der Waals surface area contributed by atoms with Gasteiger partial charge in [-0.2, -0.15) is 0 Å². The van der Waals surface area contributed by atoms with Gasteiger partial charge in [0, 0.05) is 0 Å². The van der Waals surface area contributed by atoms with Gasteiger partial charge in [0.05, 0.1) is 11.6 Å². The van der Waals surface area contributed by atoms with E-state index in [0.29, 0.717) is 5.58 Å². The van der Waals surface area contributed by atoms with Gasteiger partial charge in [0.15, 0.2) is 5.58 Å². The Kier molecular flexibility index (Phi) is 4.85. The third kappa shape index (κ3) is 3.87. The Morgan fingerprint density at radius 1 is 0.538 bits per heavy atom. The van der Waals surface area contributed by atoms with Crippen molar-refractivity contribution in [3.05, 3.63) is 97.1 Å². The lowest BCUT2D eigenvalue weighted by Crippen LogP contribution is -1.68. The summed E-state index contributed by atoms with van der Waals surface area (Å²) in [5, 5.41) is 2.62. The van der Waals surface area contributed by atoms with Crippen LogP contribution in [0.15, 0.2) is 110 Å². The van der Waals surface area contributed by atoms with E-state index in [1.165, 1.54) is 10.8 Å². The van der Waals surface area contributed by atoms with Gasteiger partial charge in [-0.3, -0.25) is 4.58 Å². The first kappa shape index (κ1) is 16.2. The number of benzene rings is 4. The summed E-state index contributed by atoms with van der Waals surface area (Å²) in [5.74, 6) is 0. The maximum Gasteiger partial charge on any atom is 0.180 e. The van der Waals surface area contributed by atoms with Crippen LogP contribution in [0.2, 0.25) is 0 Å². The summed E-state index contributed by atoms with van der Waals surface area (Å²) in [6.45, 7) is 0. The molecule has 2 aromatic heterocycles. The van der Waals surface area contributed by atoms with E-state index in [4.69, 9.17) is 13.0 Å². The Bertz CT molecular complexity index is 1120. The zero-order chi connectivity index (χ0) is 17.6. The van der Waals surface area contributed by atoms with Crippen molar-refractivity contribution in [2.75, 3.05) is 0 Å². The van der Waals surface area contributed by atoms with Crippen LogP contribution in [0.25, 0.3) is 32.2 Å². The molecule has 26 heavy (non-hydrogen) atoms. The number of fused-ring (bicyclic) bond motifs is 5. The quantitative estimate of drug-likeness (QED) is 0.271. The molecule has 0 N–H and O–H groups in total.